The van der Waals surface area contributed by atoms with Crippen LogP contribution in [0.15, 0.2) is 30.3 Å². The molecule has 2 N–H and O–H groups in total. The zero-order chi connectivity index (χ0) is 16.7. The summed E-state index contributed by atoms with van der Waals surface area (Å²) in [7, 11) is 0. The molecule has 0 radical (unpaired) electrons. The van der Waals surface area contributed by atoms with Gasteiger partial charge in [0, 0.05) is 50.9 Å². The largest absolute Gasteiger partial charge is 0.368 e. The van der Waals surface area contributed by atoms with Gasteiger partial charge >= 0.3 is 6.03 Å². The molecule has 23 heavy (non-hydrogen) atoms. The Hall–Kier alpha value is -2.24. The van der Waals surface area contributed by atoms with Crippen molar-refractivity contribution in [2.24, 2.45) is 5.92 Å². The fraction of sp³-hybridized carbons (Fsp3) is 0.529. The van der Waals surface area contributed by atoms with E-state index < -0.39 is 0 Å². The molecule has 0 spiro atoms. The highest BCUT2D eigenvalue weighted by atomic mass is 16.2. The third-order valence-electron chi connectivity index (χ3n) is 3.91. The fourth-order valence-corrected chi connectivity index (χ4v) is 2.48. The minimum absolute atomic E-state index is 0.00993. The van der Waals surface area contributed by atoms with E-state index in [0.29, 0.717) is 26.2 Å². The highest BCUT2D eigenvalue weighted by molar-refractivity contribution is 5.78. The molecular formula is C17H26N4O2. The van der Waals surface area contributed by atoms with Gasteiger partial charge in [0.05, 0.1) is 0 Å². The van der Waals surface area contributed by atoms with Crippen molar-refractivity contribution in [3.63, 3.8) is 0 Å². The van der Waals surface area contributed by atoms with Gasteiger partial charge in [-0.2, -0.15) is 0 Å². The summed E-state index contributed by atoms with van der Waals surface area (Å²) in [6.45, 7) is 7.70. The number of para-hydroxylation sites is 1. The molecule has 1 saturated heterocycles. The molecule has 1 aromatic carbocycles. The van der Waals surface area contributed by atoms with E-state index in [1.165, 1.54) is 5.69 Å². The van der Waals surface area contributed by atoms with E-state index in [-0.39, 0.29) is 17.9 Å². The van der Waals surface area contributed by atoms with Gasteiger partial charge in [0.1, 0.15) is 0 Å². The van der Waals surface area contributed by atoms with Gasteiger partial charge in [-0.3, -0.25) is 4.79 Å². The fourth-order valence-electron chi connectivity index (χ4n) is 2.48. The third-order valence-corrected chi connectivity index (χ3v) is 3.91. The Labute approximate surface area is 137 Å². The van der Waals surface area contributed by atoms with Crippen molar-refractivity contribution in [3.05, 3.63) is 30.3 Å². The molecule has 1 aromatic rings. The Morgan fingerprint density at radius 3 is 2.22 bits per heavy atom. The lowest BCUT2D eigenvalue weighted by molar-refractivity contribution is -0.123. The van der Waals surface area contributed by atoms with Crippen molar-refractivity contribution in [1.29, 1.82) is 0 Å². The van der Waals surface area contributed by atoms with Gasteiger partial charge in [0.15, 0.2) is 0 Å². The Morgan fingerprint density at radius 2 is 1.61 bits per heavy atom. The van der Waals surface area contributed by atoms with E-state index in [1.807, 2.05) is 36.9 Å². The van der Waals surface area contributed by atoms with E-state index in [2.05, 4.69) is 27.7 Å². The second-order valence-corrected chi connectivity index (χ2v) is 5.99. The normalized spacial score (nSPS) is 14.7. The van der Waals surface area contributed by atoms with Crippen LogP contribution in [0.3, 0.4) is 0 Å². The number of piperazine rings is 1. The number of hydrogen-bond donors (Lipinski definition) is 2. The molecule has 6 heteroatoms. The summed E-state index contributed by atoms with van der Waals surface area (Å²) in [6.07, 6.45) is 0. The topological polar surface area (TPSA) is 64.7 Å². The summed E-state index contributed by atoms with van der Waals surface area (Å²) in [5.74, 6) is -0.0208. The van der Waals surface area contributed by atoms with Gasteiger partial charge in [-0.15, -0.1) is 0 Å². The molecule has 0 bridgehead atoms. The van der Waals surface area contributed by atoms with Gasteiger partial charge in [-0.1, -0.05) is 32.0 Å². The lowest BCUT2D eigenvalue weighted by Gasteiger charge is -2.36. The molecule has 1 aliphatic heterocycles. The predicted octanol–water partition coefficient (Wildman–Crippen LogP) is 1.29. The predicted molar refractivity (Wildman–Crippen MR) is 91.5 cm³/mol. The first-order valence-electron chi connectivity index (χ1n) is 8.18. The molecule has 1 fully saturated rings. The van der Waals surface area contributed by atoms with Crippen LogP contribution in [0.5, 0.6) is 0 Å². The molecule has 1 heterocycles. The van der Waals surface area contributed by atoms with Crippen molar-refractivity contribution >= 4 is 17.6 Å². The Bertz CT molecular complexity index is 511. The third kappa shape index (κ3) is 5.16. The number of amides is 3. The summed E-state index contributed by atoms with van der Waals surface area (Å²) in [5.41, 5.74) is 1.20. The monoisotopic (exact) mass is 318 g/mol. The number of rotatable bonds is 5. The van der Waals surface area contributed by atoms with Gasteiger partial charge in [0.25, 0.3) is 0 Å². The lowest BCUT2D eigenvalue weighted by Crippen LogP contribution is -2.52. The van der Waals surface area contributed by atoms with Crippen LogP contribution in [0.4, 0.5) is 10.5 Å². The molecule has 6 nitrogen and oxygen atoms in total. The van der Waals surface area contributed by atoms with Crippen LogP contribution in [0.25, 0.3) is 0 Å². The highest BCUT2D eigenvalue weighted by Crippen LogP contribution is 2.15. The van der Waals surface area contributed by atoms with Crippen LogP contribution in [-0.4, -0.2) is 56.1 Å². The average Bonchev–Trinajstić information content (AvgIpc) is 2.59. The summed E-state index contributed by atoms with van der Waals surface area (Å²) >= 11 is 0. The van der Waals surface area contributed by atoms with Gasteiger partial charge in [0.2, 0.25) is 5.91 Å². The van der Waals surface area contributed by atoms with Crippen LogP contribution < -0.4 is 15.5 Å². The zero-order valence-electron chi connectivity index (χ0n) is 13.9. The molecule has 0 aromatic heterocycles. The first-order valence-corrected chi connectivity index (χ1v) is 8.18. The SMILES string of the molecule is CC(C)C(=O)NCCNC(=O)N1CCN(c2ccccc2)CC1. The van der Waals surface area contributed by atoms with Crippen LogP contribution in [0.1, 0.15) is 13.8 Å². The van der Waals surface area contributed by atoms with E-state index in [0.717, 1.165) is 13.1 Å². The Morgan fingerprint density at radius 1 is 1.00 bits per heavy atom. The number of nitrogens with one attached hydrogen (secondary N) is 2. The van der Waals surface area contributed by atoms with E-state index in [4.69, 9.17) is 0 Å². The molecule has 0 saturated carbocycles. The zero-order valence-corrected chi connectivity index (χ0v) is 13.9. The van der Waals surface area contributed by atoms with Crippen LogP contribution in [0, 0.1) is 5.92 Å². The molecule has 3 amide bonds. The molecule has 2 rings (SSSR count). The maximum atomic E-state index is 12.1. The summed E-state index contributed by atoms with van der Waals surface area (Å²) in [6, 6.07) is 10.2. The average molecular weight is 318 g/mol. The van der Waals surface area contributed by atoms with Gasteiger partial charge in [-0.05, 0) is 12.1 Å². The number of nitrogens with zero attached hydrogens (tertiary/aromatic N) is 2. The van der Waals surface area contributed by atoms with Crippen LogP contribution in [-0.2, 0) is 4.79 Å². The second kappa shape index (κ2) is 8.41. The van der Waals surface area contributed by atoms with Crippen molar-refractivity contribution in [2.75, 3.05) is 44.2 Å². The minimum Gasteiger partial charge on any atom is -0.368 e. The van der Waals surface area contributed by atoms with Gasteiger partial charge in [-0.25, -0.2) is 4.79 Å². The first kappa shape index (κ1) is 17.1. The summed E-state index contributed by atoms with van der Waals surface area (Å²) in [5, 5.41) is 5.64. The number of anilines is 1. The maximum absolute atomic E-state index is 12.1. The standard InChI is InChI=1S/C17H26N4O2/c1-14(2)16(22)18-8-9-19-17(23)21-12-10-20(11-13-21)15-6-4-3-5-7-15/h3-7,14H,8-13H2,1-2H3,(H,18,22)(H,19,23). The number of carbonyl (C=O) groups is 2. The van der Waals surface area contributed by atoms with E-state index in [9.17, 15) is 9.59 Å². The van der Waals surface area contributed by atoms with Crippen molar-refractivity contribution < 1.29 is 9.59 Å². The second-order valence-electron chi connectivity index (χ2n) is 5.99. The van der Waals surface area contributed by atoms with Crippen LogP contribution >= 0.6 is 0 Å². The van der Waals surface area contributed by atoms with Crippen LogP contribution in [0.2, 0.25) is 0 Å². The van der Waals surface area contributed by atoms with Crippen molar-refractivity contribution in [2.45, 2.75) is 13.8 Å². The molecule has 1 aliphatic rings. The number of urea groups is 1. The molecule has 0 aliphatic carbocycles. The molecule has 126 valence electrons. The first-order chi connectivity index (χ1) is 11.1. The maximum Gasteiger partial charge on any atom is 0.317 e. The highest BCUT2D eigenvalue weighted by Gasteiger charge is 2.20. The Kier molecular flexibility index (Phi) is 6.26. The minimum atomic E-state index is -0.0588. The van der Waals surface area contributed by atoms with Gasteiger partial charge < -0.3 is 20.4 Å². The molecule has 0 atom stereocenters. The quantitative estimate of drug-likeness (QED) is 0.804. The van der Waals surface area contributed by atoms with E-state index >= 15 is 0 Å². The molecular weight excluding hydrogens is 292 g/mol. The van der Waals surface area contributed by atoms with E-state index in [1.54, 1.807) is 0 Å². The van der Waals surface area contributed by atoms with Crippen molar-refractivity contribution in [1.82, 2.24) is 15.5 Å². The molecule has 0 unspecified atom stereocenters. The lowest BCUT2D eigenvalue weighted by atomic mass is 10.2. The number of hydrogen-bond acceptors (Lipinski definition) is 3. The number of carbonyl (C=O) groups excluding carboxylic acids is 2. The number of benzene rings is 1. The Balaban J connectivity index is 1.67. The summed E-state index contributed by atoms with van der Waals surface area (Å²) in [4.78, 5) is 27.6. The smallest absolute Gasteiger partial charge is 0.317 e. The summed E-state index contributed by atoms with van der Waals surface area (Å²) < 4.78 is 0. The van der Waals surface area contributed by atoms with Crippen molar-refractivity contribution in [3.8, 4) is 0 Å².